The summed E-state index contributed by atoms with van der Waals surface area (Å²) in [5.74, 6) is 0. The Bertz CT molecular complexity index is 323. The summed E-state index contributed by atoms with van der Waals surface area (Å²) in [6, 6.07) is 3.71. The number of hydrogen-bond donors (Lipinski definition) is 0. The molecule has 1 aliphatic rings. The van der Waals surface area contributed by atoms with E-state index in [4.69, 9.17) is 0 Å². The number of nitrogens with zero attached hydrogens (tertiary/aromatic N) is 1. The van der Waals surface area contributed by atoms with Gasteiger partial charge in [0, 0.05) is 28.0 Å². The van der Waals surface area contributed by atoms with Crippen LogP contribution in [0, 0.1) is 0 Å². The van der Waals surface area contributed by atoms with Crippen molar-refractivity contribution < 1.29 is 0 Å². The monoisotopic (exact) mass is 287 g/mol. The van der Waals surface area contributed by atoms with Gasteiger partial charge in [0.1, 0.15) is 0 Å². The molecular formula is C12H18BrNS. The Balaban J connectivity index is 2.07. The fraction of sp³-hybridized carbons (Fsp3) is 0.667. The molecule has 0 radical (unpaired) electrons. The minimum absolute atomic E-state index is 0.754. The molecule has 1 nitrogen and oxygen atoms in total. The second kappa shape index (κ2) is 4.98. The third-order valence-electron chi connectivity index (χ3n) is 3.44. The third kappa shape index (κ3) is 2.45. The highest BCUT2D eigenvalue weighted by atomic mass is 79.9. The van der Waals surface area contributed by atoms with Crippen molar-refractivity contribution in [3.8, 4) is 0 Å². The standard InChI is InChI=1S/C12H18BrNS/c1-3-10-5-4-9(2)14(10)8-12-11(13)6-7-15-12/h6-7,9-10H,3-5,8H2,1-2H3. The number of halogens is 1. The lowest BCUT2D eigenvalue weighted by atomic mass is 10.1. The highest BCUT2D eigenvalue weighted by Crippen LogP contribution is 2.31. The van der Waals surface area contributed by atoms with Gasteiger partial charge in [-0.3, -0.25) is 4.90 Å². The molecule has 2 unspecified atom stereocenters. The largest absolute Gasteiger partial charge is 0.293 e. The number of hydrogen-bond acceptors (Lipinski definition) is 2. The number of thiophene rings is 1. The molecule has 3 heteroatoms. The van der Waals surface area contributed by atoms with Crippen molar-refractivity contribution in [3.63, 3.8) is 0 Å². The maximum absolute atomic E-state index is 3.62. The van der Waals surface area contributed by atoms with E-state index in [1.807, 2.05) is 11.3 Å². The van der Waals surface area contributed by atoms with Gasteiger partial charge < -0.3 is 0 Å². The van der Waals surface area contributed by atoms with Crippen LogP contribution in [0.2, 0.25) is 0 Å². The van der Waals surface area contributed by atoms with Gasteiger partial charge in [-0.2, -0.15) is 0 Å². The van der Waals surface area contributed by atoms with Crippen molar-refractivity contribution in [2.75, 3.05) is 0 Å². The van der Waals surface area contributed by atoms with E-state index in [-0.39, 0.29) is 0 Å². The topological polar surface area (TPSA) is 3.24 Å². The number of rotatable bonds is 3. The Morgan fingerprint density at radius 3 is 2.93 bits per heavy atom. The zero-order valence-corrected chi connectivity index (χ0v) is 11.8. The van der Waals surface area contributed by atoms with Gasteiger partial charge in [-0.1, -0.05) is 6.92 Å². The van der Waals surface area contributed by atoms with Gasteiger partial charge in [-0.15, -0.1) is 11.3 Å². The molecule has 84 valence electrons. The molecule has 1 saturated heterocycles. The molecule has 2 rings (SSSR count). The highest BCUT2D eigenvalue weighted by Gasteiger charge is 2.29. The lowest BCUT2D eigenvalue weighted by molar-refractivity contribution is 0.191. The maximum atomic E-state index is 3.62. The van der Waals surface area contributed by atoms with Crippen molar-refractivity contribution in [1.29, 1.82) is 0 Å². The Morgan fingerprint density at radius 2 is 2.33 bits per heavy atom. The van der Waals surface area contributed by atoms with Crippen LogP contribution in [0.4, 0.5) is 0 Å². The molecule has 15 heavy (non-hydrogen) atoms. The lowest BCUT2D eigenvalue weighted by Gasteiger charge is -2.27. The summed E-state index contributed by atoms with van der Waals surface area (Å²) < 4.78 is 1.28. The second-order valence-electron chi connectivity index (χ2n) is 4.35. The maximum Gasteiger partial charge on any atom is 0.0345 e. The highest BCUT2D eigenvalue weighted by molar-refractivity contribution is 9.10. The molecule has 0 aliphatic carbocycles. The van der Waals surface area contributed by atoms with Crippen molar-refractivity contribution in [2.24, 2.45) is 0 Å². The summed E-state index contributed by atoms with van der Waals surface area (Å²) >= 11 is 5.48. The van der Waals surface area contributed by atoms with Gasteiger partial charge in [-0.05, 0) is 53.6 Å². The first-order chi connectivity index (χ1) is 7.22. The molecule has 2 heterocycles. The quantitative estimate of drug-likeness (QED) is 0.802. The molecule has 0 N–H and O–H groups in total. The van der Waals surface area contributed by atoms with Crippen molar-refractivity contribution in [1.82, 2.24) is 4.90 Å². The van der Waals surface area contributed by atoms with E-state index in [0.29, 0.717) is 0 Å². The van der Waals surface area contributed by atoms with Gasteiger partial charge in [0.05, 0.1) is 0 Å². The predicted octanol–water partition coefficient (Wildman–Crippen LogP) is 4.27. The average Bonchev–Trinajstić information content (AvgIpc) is 2.77. The summed E-state index contributed by atoms with van der Waals surface area (Å²) in [5, 5.41) is 2.17. The van der Waals surface area contributed by atoms with E-state index in [1.54, 1.807) is 0 Å². The van der Waals surface area contributed by atoms with Crippen LogP contribution in [-0.4, -0.2) is 17.0 Å². The van der Waals surface area contributed by atoms with Gasteiger partial charge >= 0.3 is 0 Å². The SMILES string of the molecule is CCC1CCC(C)N1Cc1sccc1Br. The summed E-state index contributed by atoms with van der Waals surface area (Å²) in [6.07, 6.45) is 4.02. The van der Waals surface area contributed by atoms with Gasteiger partial charge in [0.25, 0.3) is 0 Å². The first-order valence-corrected chi connectivity index (χ1v) is 7.37. The Kier molecular flexibility index (Phi) is 3.86. The van der Waals surface area contributed by atoms with Crippen LogP contribution in [0.1, 0.15) is 38.0 Å². The van der Waals surface area contributed by atoms with Crippen LogP contribution in [0.3, 0.4) is 0 Å². The first-order valence-electron chi connectivity index (χ1n) is 5.70. The lowest BCUT2D eigenvalue weighted by Crippen LogP contribution is -2.33. The Morgan fingerprint density at radius 1 is 1.53 bits per heavy atom. The molecule has 0 spiro atoms. The van der Waals surface area contributed by atoms with Crippen LogP contribution < -0.4 is 0 Å². The molecular weight excluding hydrogens is 270 g/mol. The zero-order chi connectivity index (χ0) is 10.8. The Labute approximate surface area is 105 Å². The van der Waals surface area contributed by atoms with E-state index in [0.717, 1.165) is 18.6 Å². The van der Waals surface area contributed by atoms with Gasteiger partial charge in [-0.25, -0.2) is 0 Å². The van der Waals surface area contributed by atoms with E-state index < -0.39 is 0 Å². The summed E-state index contributed by atoms with van der Waals surface area (Å²) in [6.45, 7) is 5.79. The second-order valence-corrected chi connectivity index (χ2v) is 6.21. The summed E-state index contributed by atoms with van der Waals surface area (Å²) in [7, 11) is 0. The molecule has 2 atom stereocenters. The van der Waals surface area contributed by atoms with Crippen molar-refractivity contribution >= 4 is 27.3 Å². The normalized spacial score (nSPS) is 27.4. The van der Waals surface area contributed by atoms with E-state index in [2.05, 4.69) is 46.1 Å². The molecule has 1 aromatic heterocycles. The zero-order valence-electron chi connectivity index (χ0n) is 9.37. The first kappa shape index (κ1) is 11.6. The minimum atomic E-state index is 0.754. The fourth-order valence-electron chi connectivity index (χ4n) is 2.45. The smallest absolute Gasteiger partial charge is 0.0345 e. The minimum Gasteiger partial charge on any atom is -0.293 e. The molecule has 0 aromatic carbocycles. The van der Waals surface area contributed by atoms with Crippen LogP contribution in [0.25, 0.3) is 0 Å². The van der Waals surface area contributed by atoms with E-state index in [9.17, 15) is 0 Å². The number of likely N-dealkylation sites (tertiary alicyclic amines) is 1. The molecule has 0 bridgehead atoms. The van der Waals surface area contributed by atoms with E-state index in [1.165, 1.54) is 28.6 Å². The van der Waals surface area contributed by atoms with E-state index >= 15 is 0 Å². The molecule has 1 aromatic rings. The van der Waals surface area contributed by atoms with Crippen LogP contribution >= 0.6 is 27.3 Å². The third-order valence-corrected chi connectivity index (χ3v) is 5.35. The van der Waals surface area contributed by atoms with Crippen LogP contribution in [0.15, 0.2) is 15.9 Å². The van der Waals surface area contributed by atoms with Gasteiger partial charge in [0.15, 0.2) is 0 Å². The van der Waals surface area contributed by atoms with Crippen LogP contribution in [-0.2, 0) is 6.54 Å². The van der Waals surface area contributed by atoms with Crippen molar-refractivity contribution in [3.05, 3.63) is 20.8 Å². The average molecular weight is 288 g/mol. The van der Waals surface area contributed by atoms with Crippen molar-refractivity contribution in [2.45, 2.75) is 51.7 Å². The Hall–Kier alpha value is 0.140. The summed E-state index contributed by atoms with van der Waals surface area (Å²) in [5.41, 5.74) is 0. The molecule has 1 aliphatic heterocycles. The summed E-state index contributed by atoms with van der Waals surface area (Å²) in [4.78, 5) is 4.14. The fourth-order valence-corrected chi connectivity index (χ4v) is 3.94. The molecule has 1 fully saturated rings. The molecule has 0 amide bonds. The predicted molar refractivity (Wildman–Crippen MR) is 70.3 cm³/mol. The molecule has 0 saturated carbocycles. The van der Waals surface area contributed by atoms with Gasteiger partial charge in [0.2, 0.25) is 0 Å². The van der Waals surface area contributed by atoms with Crippen LogP contribution in [0.5, 0.6) is 0 Å².